The zero-order chi connectivity index (χ0) is 17.1. The van der Waals surface area contributed by atoms with Gasteiger partial charge in [-0.1, -0.05) is 24.4 Å². The van der Waals surface area contributed by atoms with Crippen molar-refractivity contribution in [2.24, 2.45) is 0 Å². The molecule has 1 saturated carbocycles. The number of nitrogens with zero attached hydrogens (tertiary/aromatic N) is 1. The van der Waals surface area contributed by atoms with Gasteiger partial charge in [-0.25, -0.2) is 8.42 Å². The lowest BCUT2D eigenvalue weighted by Gasteiger charge is -2.32. The second-order valence-electron chi connectivity index (χ2n) is 5.99. The van der Waals surface area contributed by atoms with E-state index >= 15 is 0 Å². The van der Waals surface area contributed by atoms with Crippen molar-refractivity contribution in [2.45, 2.75) is 35.3 Å². The van der Waals surface area contributed by atoms with E-state index < -0.39 is 14.6 Å². The number of nitrogens with one attached hydrogen (secondary N) is 1. The number of benzene rings is 1. The number of carbonyl (C=O) groups is 1. The number of sulfone groups is 1. The number of amides is 1. The third-order valence-corrected chi connectivity index (χ3v) is 7.24. The van der Waals surface area contributed by atoms with Crippen LogP contribution in [0.5, 0.6) is 0 Å². The standard InChI is InChI=1S/C16H23ClN2O3S.ClH/c1-18-11-12-19(2)15(20)16(9-3-4-10-16)23(21,22)14-7-5-13(17)6-8-14;/h5-8,18H,3-4,9-12H2,1-2H3;1H. The lowest BCUT2D eigenvalue weighted by molar-refractivity contribution is -0.132. The maximum absolute atomic E-state index is 13.2. The number of hydrogen-bond donors (Lipinski definition) is 1. The normalized spacial score (nSPS) is 16.5. The highest BCUT2D eigenvalue weighted by Crippen LogP contribution is 2.42. The average molecular weight is 395 g/mol. The molecule has 136 valence electrons. The number of halogens is 2. The zero-order valence-electron chi connectivity index (χ0n) is 13.9. The minimum Gasteiger partial charge on any atom is -0.343 e. The predicted molar refractivity (Wildman–Crippen MR) is 98.6 cm³/mol. The van der Waals surface area contributed by atoms with E-state index in [1.165, 1.54) is 17.0 Å². The largest absolute Gasteiger partial charge is 0.343 e. The maximum atomic E-state index is 13.2. The quantitative estimate of drug-likeness (QED) is 0.804. The van der Waals surface area contributed by atoms with E-state index in [0.717, 1.165) is 12.8 Å². The van der Waals surface area contributed by atoms with Crippen LogP contribution in [0, 0.1) is 0 Å². The Kier molecular flexibility index (Phi) is 7.53. The molecule has 0 unspecified atom stereocenters. The van der Waals surface area contributed by atoms with Gasteiger partial charge in [0.05, 0.1) is 4.90 Å². The molecule has 0 spiro atoms. The summed E-state index contributed by atoms with van der Waals surface area (Å²) < 4.78 is 25.0. The minimum absolute atomic E-state index is 0. The fourth-order valence-electron chi connectivity index (χ4n) is 3.11. The molecule has 24 heavy (non-hydrogen) atoms. The summed E-state index contributed by atoms with van der Waals surface area (Å²) in [6.07, 6.45) is 2.25. The molecule has 0 heterocycles. The van der Waals surface area contributed by atoms with E-state index in [1.54, 1.807) is 26.2 Å². The van der Waals surface area contributed by atoms with E-state index in [9.17, 15) is 13.2 Å². The summed E-state index contributed by atoms with van der Waals surface area (Å²) >= 11 is 5.85. The Hall–Kier alpha value is -0.820. The highest BCUT2D eigenvalue weighted by molar-refractivity contribution is 7.93. The molecule has 0 saturated heterocycles. The molecule has 0 atom stereocenters. The van der Waals surface area contributed by atoms with Crippen LogP contribution in [-0.2, 0) is 14.6 Å². The van der Waals surface area contributed by atoms with Crippen LogP contribution in [0.3, 0.4) is 0 Å². The second-order valence-corrected chi connectivity index (χ2v) is 8.69. The molecule has 0 bridgehead atoms. The van der Waals surface area contributed by atoms with E-state index in [1.807, 2.05) is 0 Å². The lowest BCUT2D eigenvalue weighted by atomic mass is 10.1. The van der Waals surface area contributed by atoms with Crippen molar-refractivity contribution in [3.05, 3.63) is 29.3 Å². The highest BCUT2D eigenvalue weighted by atomic mass is 35.5. The van der Waals surface area contributed by atoms with Gasteiger partial charge in [0.25, 0.3) is 0 Å². The molecule has 1 aromatic rings. The maximum Gasteiger partial charge on any atom is 0.244 e. The monoisotopic (exact) mass is 394 g/mol. The molecule has 1 fully saturated rings. The van der Waals surface area contributed by atoms with Crippen LogP contribution >= 0.6 is 24.0 Å². The van der Waals surface area contributed by atoms with Crippen LogP contribution in [0.4, 0.5) is 0 Å². The molecule has 1 aromatic carbocycles. The van der Waals surface area contributed by atoms with Crippen molar-refractivity contribution in [3.8, 4) is 0 Å². The van der Waals surface area contributed by atoms with E-state index in [0.29, 0.717) is 31.0 Å². The first kappa shape index (κ1) is 21.2. The molecule has 8 heteroatoms. The second kappa shape index (κ2) is 8.52. The zero-order valence-corrected chi connectivity index (χ0v) is 16.3. The van der Waals surface area contributed by atoms with Gasteiger partial charge in [0.15, 0.2) is 14.6 Å². The van der Waals surface area contributed by atoms with Crippen molar-refractivity contribution in [2.75, 3.05) is 27.2 Å². The van der Waals surface area contributed by atoms with E-state index in [-0.39, 0.29) is 23.2 Å². The summed E-state index contributed by atoms with van der Waals surface area (Å²) in [5.41, 5.74) is 0. The van der Waals surface area contributed by atoms with Gasteiger partial charge in [0, 0.05) is 25.2 Å². The third kappa shape index (κ3) is 3.87. The van der Waals surface area contributed by atoms with Gasteiger partial charge >= 0.3 is 0 Å². The van der Waals surface area contributed by atoms with Gasteiger partial charge in [-0.2, -0.15) is 0 Å². The highest BCUT2D eigenvalue weighted by Gasteiger charge is 2.53. The van der Waals surface area contributed by atoms with Gasteiger partial charge in [0.2, 0.25) is 5.91 Å². The Bertz CT molecular complexity index is 656. The fourth-order valence-corrected chi connectivity index (χ4v) is 5.40. The van der Waals surface area contributed by atoms with Crippen molar-refractivity contribution in [3.63, 3.8) is 0 Å². The molecule has 0 aromatic heterocycles. The van der Waals surface area contributed by atoms with Crippen LogP contribution in [0.2, 0.25) is 5.02 Å². The Morgan fingerprint density at radius 2 is 1.79 bits per heavy atom. The average Bonchev–Trinajstić information content (AvgIpc) is 3.03. The van der Waals surface area contributed by atoms with Gasteiger partial charge in [-0.15, -0.1) is 12.4 Å². The molecule has 1 aliphatic rings. The summed E-state index contributed by atoms with van der Waals surface area (Å²) in [5, 5.41) is 3.45. The first-order valence-electron chi connectivity index (χ1n) is 7.75. The van der Waals surface area contributed by atoms with Gasteiger partial charge in [0.1, 0.15) is 0 Å². The van der Waals surface area contributed by atoms with E-state index in [2.05, 4.69) is 5.32 Å². The summed E-state index contributed by atoms with van der Waals surface area (Å²) in [7, 11) is -0.293. The van der Waals surface area contributed by atoms with Gasteiger partial charge in [-0.3, -0.25) is 4.79 Å². The van der Waals surface area contributed by atoms with Crippen molar-refractivity contribution >= 4 is 39.8 Å². The summed E-state index contributed by atoms with van der Waals surface area (Å²) in [6.45, 7) is 1.10. The molecule has 0 radical (unpaired) electrons. The predicted octanol–water partition coefficient (Wildman–Crippen LogP) is 2.53. The lowest BCUT2D eigenvalue weighted by Crippen LogP contribution is -2.52. The number of likely N-dealkylation sites (N-methyl/N-ethyl adjacent to an activating group) is 2. The Morgan fingerprint density at radius 1 is 1.25 bits per heavy atom. The summed E-state index contributed by atoms with van der Waals surface area (Å²) in [4.78, 5) is 14.6. The summed E-state index contributed by atoms with van der Waals surface area (Å²) in [6, 6.07) is 6.07. The third-order valence-electron chi connectivity index (χ3n) is 4.48. The molecular formula is C16H24Cl2N2O3S. The number of rotatable bonds is 6. The first-order valence-corrected chi connectivity index (χ1v) is 9.61. The molecular weight excluding hydrogens is 371 g/mol. The van der Waals surface area contributed by atoms with Crippen molar-refractivity contribution in [1.82, 2.24) is 10.2 Å². The molecule has 0 aliphatic heterocycles. The van der Waals surface area contributed by atoms with Crippen LogP contribution in [0.15, 0.2) is 29.2 Å². The fraction of sp³-hybridized carbons (Fsp3) is 0.562. The molecule has 1 N–H and O–H groups in total. The van der Waals surface area contributed by atoms with Crippen LogP contribution in [0.1, 0.15) is 25.7 Å². The van der Waals surface area contributed by atoms with Crippen molar-refractivity contribution < 1.29 is 13.2 Å². The van der Waals surface area contributed by atoms with Gasteiger partial charge in [-0.05, 0) is 44.2 Å². The Balaban J connectivity index is 0.00000288. The topological polar surface area (TPSA) is 66.5 Å². The number of hydrogen-bond acceptors (Lipinski definition) is 4. The Morgan fingerprint density at radius 3 is 2.29 bits per heavy atom. The van der Waals surface area contributed by atoms with Crippen LogP contribution in [0.25, 0.3) is 0 Å². The molecule has 1 aliphatic carbocycles. The minimum atomic E-state index is -3.76. The molecule has 5 nitrogen and oxygen atoms in total. The molecule has 2 rings (SSSR count). The van der Waals surface area contributed by atoms with Gasteiger partial charge < -0.3 is 10.2 Å². The first-order chi connectivity index (χ1) is 10.8. The SMILES string of the molecule is CNCCN(C)C(=O)C1(S(=O)(=O)c2ccc(Cl)cc2)CCCC1.Cl. The van der Waals surface area contributed by atoms with Crippen molar-refractivity contribution in [1.29, 1.82) is 0 Å². The number of carbonyl (C=O) groups excluding carboxylic acids is 1. The summed E-state index contributed by atoms with van der Waals surface area (Å²) in [5.74, 6) is -0.305. The van der Waals surface area contributed by atoms with Crippen LogP contribution in [-0.4, -0.2) is 51.2 Å². The van der Waals surface area contributed by atoms with E-state index in [4.69, 9.17) is 11.6 Å². The Labute approximate surface area is 155 Å². The van der Waals surface area contributed by atoms with Crippen LogP contribution < -0.4 is 5.32 Å². The molecule has 1 amide bonds. The smallest absolute Gasteiger partial charge is 0.244 e.